The monoisotopic (exact) mass is 1060 g/mol. The van der Waals surface area contributed by atoms with E-state index >= 15 is 0 Å². The molecule has 0 heterocycles. The average Bonchev–Trinajstić information content (AvgIpc) is 3.60. The zero-order chi connectivity index (χ0) is 53.2. The van der Waals surface area contributed by atoms with Gasteiger partial charge in [-0.15, -0.1) is 0 Å². The van der Waals surface area contributed by atoms with Crippen molar-refractivity contribution in [2.24, 2.45) is 0 Å². The molecule has 5 aromatic carbocycles. The van der Waals surface area contributed by atoms with E-state index in [2.05, 4.69) is 48.9 Å². The standard InChI is InChI=1S/C32H12BF24.C11H13OS/c34-25(35,36)13-1-14(26(37,38)39)6-21(5-13)33(22-7-15(27(40,41)42)2-16(8-22)28(43,44)45,23-9-17(29(46,47)48)3-18(10-23)30(49,50)51)24-11-19(31(52,53)54)4-20(12-24)32(55,56)57;1-13(2)12-11-8-7-9-5-3-4-6-10(9)11/h1-12H;3-8,11H,1-2H3/q-1;+1. The van der Waals surface area contributed by atoms with Crippen LogP contribution in [0.2, 0.25) is 0 Å². The van der Waals surface area contributed by atoms with Crippen molar-refractivity contribution in [2.45, 2.75) is 55.5 Å². The topological polar surface area (TPSA) is 9.23 Å². The molecular formula is C43H25BF24OS. The largest absolute Gasteiger partial charge is 0.416 e. The van der Waals surface area contributed by atoms with Crippen molar-refractivity contribution in [3.05, 3.63) is 159 Å². The summed E-state index contributed by atoms with van der Waals surface area (Å²) in [5, 5.41) is 0. The van der Waals surface area contributed by atoms with E-state index in [0.29, 0.717) is 0 Å². The summed E-state index contributed by atoms with van der Waals surface area (Å²) in [4.78, 5) is 0. The van der Waals surface area contributed by atoms with Crippen LogP contribution in [0.25, 0.3) is 6.08 Å². The lowest BCUT2D eigenvalue weighted by molar-refractivity contribution is -0.144. The second kappa shape index (κ2) is 18.6. The van der Waals surface area contributed by atoms with E-state index in [-0.39, 0.29) is 17.3 Å². The average molecular weight is 1060 g/mol. The van der Waals surface area contributed by atoms with E-state index in [1.54, 1.807) is 0 Å². The zero-order valence-electron chi connectivity index (χ0n) is 34.4. The summed E-state index contributed by atoms with van der Waals surface area (Å²) in [5.74, 6) is 0. The van der Waals surface area contributed by atoms with Gasteiger partial charge in [0, 0.05) is 0 Å². The summed E-state index contributed by atoms with van der Waals surface area (Å²) in [6.45, 7) is 0. The first-order valence-electron chi connectivity index (χ1n) is 18.9. The second-order valence-electron chi connectivity index (χ2n) is 15.5. The van der Waals surface area contributed by atoms with Crippen LogP contribution < -0.4 is 21.9 Å². The Labute approximate surface area is 381 Å². The molecule has 1 atom stereocenters. The third-order valence-electron chi connectivity index (χ3n) is 10.5. The summed E-state index contributed by atoms with van der Waals surface area (Å²) in [6.07, 6.45) is -46.2. The van der Waals surface area contributed by atoms with Crippen LogP contribution in [0.1, 0.15) is 61.7 Å². The van der Waals surface area contributed by atoms with E-state index in [1.807, 2.05) is 0 Å². The predicted molar refractivity (Wildman–Crippen MR) is 209 cm³/mol. The molecule has 0 aliphatic heterocycles. The van der Waals surface area contributed by atoms with Crippen molar-refractivity contribution >= 4 is 45.2 Å². The van der Waals surface area contributed by atoms with Gasteiger partial charge in [-0.3, -0.25) is 0 Å². The SMILES string of the molecule is C[S+](C)OC1C=Cc2ccccc21.FC(F)(F)c1cc([B-](c2cc(C(F)(F)F)cc(C(F)(F)F)c2)(c2cc(C(F)(F)F)cc(C(F)(F)F)c2)c2cc(C(F)(F)F)cc(C(F)(F)F)c2)cc(C(F)(F)F)c1. The quantitative estimate of drug-likeness (QED) is 0.0935. The molecule has 1 aliphatic carbocycles. The highest BCUT2D eigenvalue weighted by Gasteiger charge is 2.47. The third-order valence-corrected chi connectivity index (χ3v) is 11.1. The van der Waals surface area contributed by atoms with Crippen LogP contribution in [0.4, 0.5) is 105 Å². The highest BCUT2D eigenvalue weighted by molar-refractivity contribution is 7.90. The van der Waals surface area contributed by atoms with Gasteiger partial charge >= 0.3 is 49.4 Å². The summed E-state index contributed by atoms with van der Waals surface area (Å²) >= 11 is 0.0361. The number of benzene rings is 5. The number of hydrogen-bond donors (Lipinski definition) is 0. The molecule has 380 valence electrons. The van der Waals surface area contributed by atoms with Crippen LogP contribution >= 0.6 is 0 Å². The Bertz CT molecular complexity index is 2300. The van der Waals surface area contributed by atoms with Crippen LogP contribution in [-0.2, 0) is 64.8 Å². The third kappa shape index (κ3) is 12.3. The summed E-state index contributed by atoms with van der Waals surface area (Å²) in [6, 6.07) is -0.435. The van der Waals surface area contributed by atoms with Gasteiger partial charge in [-0.05, 0) is 41.5 Å². The maximum absolute atomic E-state index is 14.2. The van der Waals surface area contributed by atoms with E-state index in [4.69, 9.17) is 4.18 Å². The first kappa shape index (κ1) is 55.5. The molecule has 1 unspecified atom stereocenters. The van der Waals surface area contributed by atoms with E-state index in [0.717, 1.165) is 0 Å². The molecule has 0 N–H and O–H groups in total. The Kier molecular flexibility index (Phi) is 14.7. The number of fused-ring (bicyclic) bond motifs is 1. The molecule has 0 amide bonds. The molecule has 0 saturated carbocycles. The lowest BCUT2D eigenvalue weighted by atomic mass is 9.12. The van der Waals surface area contributed by atoms with Gasteiger partial charge in [0.2, 0.25) is 0 Å². The molecule has 70 heavy (non-hydrogen) atoms. The van der Waals surface area contributed by atoms with Crippen LogP contribution in [0, 0.1) is 0 Å². The van der Waals surface area contributed by atoms with E-state index in [1.165, 1.54) is 11.1 Å². The molecule has 0 aromatic heterocycles. The first-order chi connectivity index (χ1) is 31.5. The summed E-state index contributed by atoms with van der Waals surface area (Å²) < 4.78 is 347. The Morgan fingerprint density at radius 1 is 0.357 bits per heavy atom. The Hall–Kier alpha value is -5.47. The van der Waals surface area contributed by atoms with Gasteiger partial charge < -0.3 is 0 Å². The number of alkyl halides is 24. The van der Waals surface area contributed by atoms with Gasteiger partial charge in [0.15, 0.2) is 6.10 Å². The van der Waals surface area contributed by atoms with Crippen molar-refractivity contribution in [3.8, 4) is 0 Å². The predicted octanol–water partition coefficient (Wildman–Crippen LogP) is 13.8. The highest BCUT2D eigenvalue weighted by Crippen LogP contribution is 2.42. The van der Waals surface area contributed by atoms with Gasteiger partial charge in [-0.25, -0.2) is 0 Å². The molecule has 27 heteroatoms. The lowest BCUT2D eigenvalue weighted by Gasteiger charge is -2.46. The van der Waals surface area contributed by atoms with Crippen LogP contribution in [0.15, 0.2) is 103 Å². The fourth-order valence-corrected chi connectivity index (χ4v) is 8.16. The minimum Gasteiger partial charge on any atom is -0.194 e. The molecule has 0 saturated heterocycles. The summed E-state index contributed by atoms with van der Waals surface area (Å²) in [5.41, 5.74) is -27.6. The van der Waals surface area contributed by atoms with Crippen molar-refractivity contribution in [1.29, 1.82) is 0 Å². The summed E-state index contributed by atoms with van der Waals surface area (Å²) in [7, 11) is 0. The number of hydrogen-bond acceptors (Lipinski definition) is 1. The molecule has 6 rings (SSSR count). The molecule has 1 nitrogen and oxygen atoms in total. The minimum absolute atomic E-state index is 0.0361. The molecule has 0 radical (unpaired) electrons. The Balaban J connectivity index is 0.000000600. The van der Waals surface area contributed by atoms with Gasteiger partial charge in [0.1, 0.15) is 29.8 Å². The van der Waals surface area contributed by atoms with Gasteiger partial charge in [0.05, 0.1) is 44.5 Å². The van der Waals surface area contributed by atoms with Crippen molar-refractivity contribution < 1.29 is 110 Å². The van der Waals surface area contributed by atoms with Crippen LogP contribution in [-0.4, -0.2) is 18.7 Å². The number of rotatable bonds is 6. The smallest absolute Gasteiger partial charge is 0.194 e. The van der Waals surface area contributed by atoms with Crippen LogP contribution in [0.5, 0.6) is 0 Å². The van der Waals surface area contributed by atoms with E-state index in [9.17, 15) is 105 Å². The molecule has 0 spiro atoms. The maximum Gasteiger partial charge on any atom is 0.416 e. The Morgan fingerprint density at radius 2 is 0.586 bits per heavy atom. The van der Waals surface area contributed by atoms with Crippen LogP contribution in [0.3, 0.4) is 0 Å². The first-order valence-corrected chi connectivity index (χ1v) is 20.9. The lowest BCUT2D eigenvalue weighted by Crippen LogP contribution is -2.75. The molecular weight excluding hydrogens is 1030 g/mol. The molecule has 0 bridgehead atoms. The minimum atomic E-state index is -6.13. The molecule has 0 fully saturated rings. The van der Waals surface area contributed by atoms with Crippen molar-refractivity contribution in [3.63, 3.8) is 0 Å². The second-order valence-corrected chi connectivity index (χ2v) is 17.1. The molecule has 1 aliphatic rings. The fraction of sp³-hybridized carbons (Fsp3) is 0.256. The normalized spacial score (nSPS) is 15.3. The zero-order valence-corrected chi connectivity index (χ0v) is 35.3. The fourth-order valence-electron chi connectivity index (χ4n) is 7.58. The van der Waals surface area contributed by atoms with E-state index < -0.39 is 195 Å². The van der Waals surface area contributed by atoms with Gasteiger partial charge in [-0.2, -0.15) is 131 Å². The van der Waals surface area contributed by atoms with Crippen molar-refractivity contribution in [2.75, 3.05) is 12.5 Å². The Morgan fingerprint density at radius 3 is 0.800 bits per heavy atom. The number of halogens is 24. The van der Waals surface area contributed by atoms with Crippen molar-refractivity contribution in [1.82, 2.24) is 0 Å². The van der Waals surface area contributed by atoms with Gasteiger partial charge in [-0.1, -0.05) is 78.9 Å². The maximum atomic E-state index is 14.2. The van der Waals surface area contributed by atoms with Gasteiger partial charge in [0.25, 0.3) is 0 Å². The molecule has 5 aromatic rings. The highest BCUT2D eigenvalue weighted by atomic mass is 32.2.